The van der Waals surface area contributed by atoms with E-state index in [0.717, 1.165) is 24.2 Å². The molecule has 0 aliphatic rings. The van der Waals surface area contributed by atoms with Crippen molar-refractivity contribution >= 4 is 11.6 Å². The van der Waals surface area contributed by atoms with Crippen molar-refractivity contribution in [3.8, 4) is 0 Å². The highest BCUT2D eigenvalue weighted by atomic mass is 16.5. The maximum absolute atomic E-state index is 5.47. The summed E-state index contributed by atoms with van der Waals surface area (Å²) in [5, 5.41) is 7.01. The van der Waals surface area contributed by atoms with E-state index in [1.165, 1.54) is 6.33 Å². The quantitative estimate of drug-likeness (QED) is 0.508. The van der Waals surface area contributed by atoms with Gasteiger partial charge in [-0.15, -0.1) is 0 Å². The summed E-state index contributed by atoms with van der Waals surface area (Å²) in [7, 11) is 0. The van der Waals surface area contributed by atoms with Crippen molar-refractivity contribution < 1.29 is 4.52 Å². The van der Waals surface area contributed by atoms with Crippen LogP contribution in [0.3, 0.4) is 0 Å². The lowest BCUT2D eigenvalue weighted by molar-refractivity contribution is 0.377. The summed E-state index contributed by atoms with van der Waals surface area (Å²) in [6, 6.07) is 0. The molecule has 0 amide bonds. The monoisotopic (exact) mass is 277 g/mol. The molecule has 20 heavy (non-hydrogen) atoms. The smallest absolute Gasteiger partial charge is 0.228 e. The minimum Gasteiger partial charge on any atom is -0.369 e. The summed E-state index contributed by atoms with van der Waals surface area (Å²) in [6.07, 6.45) is 3.96. The third-order valence-electron chi connectivity index (χ3n) is 2.78. The normalized spacial score (nSPS) is 10.6. The first-order chi connectivity index (χ1) is 9.74. The number of aromatic nitrogens is 4. The van der Waals surface area contributed by atoms with Gasteiger partial charge in [-0.25, -0.2) is 15.8 Å². The summed E-state index contributed by atoms with van der Waals surface area (Å²) >= 11 is 0. The first-order valence-electron chi connectivity index (χ1n) is 6.58. The number of hydrazine groups is 1. The Bertz CT molecular complexity index is 554. The molecule has 8 heteroatoms. The molecule has 2 aromatic heterocycles. The van der Waals surface area contributed by atoms with Crippen molar-refractivity contribution in [1.29, 1.82) is 0 Å². The number of anilines is 2. The van der Waals surface area contributed by atoms with Gasteiger partial charge >= 0.3 is 0 Å². The van der Waals surface area contributed by atoms with Gasteiger partial charge in [0, 0.05) is 18.5 Å². The molecular formula is C12H19N7O. The first-order valence-corrected chi connectivity index (χ1v) is 6.58. The van der Waals surface area contributed by atoms with Gasteiger partial charge in [0.05, 0.1) is 0 Å². The Labute approximate surface area is 117 Å². The standard InChI is InChI=1S/C12H19N7O/c1-3-4-9-11(15-7-16-12(9)18-13)14-6-5-10-17-8(2)19-20-10/h7H,3-6,13H2,1-2H3,(H2,14,15,16,18). The summed E-state index contributed by atoms with van der Waals surface area (Å²) < 4.78 is 5.06. The predicted octanol–water partition coefficient (Wildman–Crippen LogP) is 1.06. The Kier molecular flexibility index (Phi) is 4.83. The van der Waals surface area contributed by atoms with Gasteiger partial charge in [0.15, 0.2) is 5.82 Å². The predicted molar refractivity (Wildman–Crippen MR) is 75.1 cm³/mol. The largest absolute Gasteiger partial charge is 0.369 e. The SMILES string of the molecule is CCCc1c(NN)ncnc1NCCc1nc(C)no1. The first kappa shape index (κ1) is 14.2. The van der Waals surface area contributed by atoms with E-state index >= 15 is 0 Å². The molecule has 2 heterocycles. The van der Waals surface area contributed by atoms with Gasteiger partial charge in [-0.2, -0.15) is 4.98 Å². The zero-order valence-corrected chi connectivity index (χ0v) is 11.7. The van der Waals surface area contributed by atoms with Crippen LogP contribution in [0.5, 0.6) is 0 Å². The second kappa shape index (κ2) is 6.80. The molecule has 0 fully saturated rings. The molecule has 0 unspecified atom stereocenters. The van der Waals surface area contributed by atoms with Gasteiger partial charge in [0.25, 0.3) is 0 Å². The number of hydrogen-bond donors (Lipinski definition) is 3. The Morgan fingerprint density at radius 2 is 2.05 bits per heavy atom. The van der Waals surface area contributed by atoms with Gasteiger partial charge in [-0.3, -0.25) is 0 Å². The van der Waals surface area contributed by atoms with Crippen LogP contribution in [0.25, 0.3) is 0 Å². The van der Waals surface area contributed by atoms with Crippen molar-refractivity contribution in [3.63, 3.8) is 0 Å². The van der Waals surface area contributed by atoms with Crippen LogP contribution >= 0.6 is 0 Å². The fourth-order valence-corrected chi connectivity index (χ4v) is 1.91. The van der Waals surface area contributed by atoms with Crippen LogP contribution in [0.4, 0.5) is 11.6 Å². The van der Waals surface area contributed by atoms with Crippen LogP contribution in [0.15, 0.2) is 10.9 Å². The Morgan fingerprint density at radius 1 is 1.25 bits per heavy atom. The average Bonchev–Trinajstić information content (AvgIpc) is 2.86. The lowest BCUT2D eigenvalue weighted by atomic mass is 10.1. The van der Waals surface area contributed by atoms with Crippen molar-refractivity contribution in [2.24, 2.45) is 5.84 Å². The lowest BCUT2D eigenvalue weighted by Crippen LogP contribution is -2.15. The summed E-state index contributed by atoms with van der Waals surface area (Å²) in [5.74, 6) is 8.16. The molecule has 108 valence electrons. The van der Waals surface area contributed by atoms with E-state index in [9.17, 15) is 0 Å². The van der Waals surface area contributed by atoms with Gasteiger partial charge in [-0.1, -0.05) is 18.5 Å². The topological polar surface area (TPSA) is 115 Å². The second-order valence-electron chi connectivity index (χ2n) is 4.36. The molecule has 0 atom stereocenters. The minimum atomic E-state index is 0.610. The molecule has 0 saturated carbocycles. The van der Waals surface area contributed by atoms with Crippen LogP contribution in [-0.4, -0.2) is 26.7 Å². The highest BCUT2D eigenvalue weighted by molar-refractivity contribution is 5.56. The number of nitrogens with two attached hydrogens (primary N) is 1. The third-order valence-corrected chi connectivity index (χ3v) is 2.78. The zero-order chi connectivity index (χ0) is 14.4. The summed E-state index contributed by atoms with van der Waals surface area (Å²) in [6.45, 7) is 4.54. The van der Waals surface area contributed by atoms with Crippen LogP contribution in [0, 0.1) is 6.92 Å². The van der Waals surface area contributed by atoms with E-state index in [2.05, 4.69) is 37.8 Å². The number of hydrogen-bond acceptors (Lipinski definition) is 8. The van der Waals surface area contributed by atoms with Crippen molar-refractivity contribution in [2.75, 3.05) is 17.3 Å². The molecule has 4 N–H and O–H groups in total. The molecule has 2 aromatic rings. The lowest BCUT2D eigenvalue weighted by Gasteiger charge is -2.12. The zero-order valence-electron chi connectivity index (χ0n) is 11.7. The van der Waals surface area contributed by atoms with Crippen molar-refractivity contribution in [1.82, 2.24) is 20.1 Å². The molecule has 0 spiro atoms. The molecule has 0 aliphatic heterocycles. The van der Waals surface area contributed by atoms with Crippen molar-refractivity contribution in [2.45, 2.75) is 33.1 Å². The van der Waals surface area contributed by atoms with Gasteiger partial charge in [0.2, 0.25) is 5.89 Å². The molecule has 8 nitrogen and oxygen atoms in total. The van der Waals surface area contributed by atoms with E-state index in [4.69, 9.17) is 10.4 Å². The van der Waals surface area contributed by atoms with E-state index in [1.807, 2.05) is 0 Å². The highest BCUT2D eigenvalue weighted by Crippen LogP contribution is 2.20. The van der Waals surface area contributed by atoms with Crippen LogP contribution in [-0.2, 0) is 12.8 Å². The fraction of sp³-hybridized carbons (Fsp3) is 0.500. The summed E-state index contributed by atoms with van der Waals surface area (Å²) in [4.78, 5) is 12.5. The molecule has 0 bridgehead atoms. The molecule has 2 rings (SSSR count). The highest BCUT2D eigenvalue weighted by Gasteiger charge is 2.10. The maximum Gasteiger partial charge on any atom is 0.228 e. The molecular weight excluding hydrogens is 258 g/mol. The number of rotatable bonds is 7. The van der Waals surface area contributed by atoms with Crippen LogP contribution in [0.1, 0.15) is 30.6 Å². The van der Waals surface area contributed by atoms with E-state index in [1.54, 1.807) is 6.92 Å². The maximum atomic E-state index is 5.47. The number of nitrogen functional groups attached to an aromatic ring is 1. The number of aryl methyl sites for hydroxylation is 1. The number of nitrogens with zero attached hydrogens (tertiary/aromatic N) is 4. The molecule has 0 aliphatic carbocycles. The van der Waals surface area contributed by atoms with Crippen molar-refractivity contribution in [3.05, 3.63) is 23.6 Å². The molecule has 0 radical (unpaired) electrons. The van der Waals surface area contributed by atoms with E-state index < -0.39 is 0 Å². The average molecular weight is 277 g/mol. The number of nitrogens with one attached hydrogen (secondary N) is 2. The Morgan fingerprint density at radius 3 is 2.70 bits per heavy atom. The van der Waals surface area contributed by atoms with E-state index in [-0.39, 0.29) is 0 Å². The van der Waals surface area contributed by atoms with Gasteiger partial charge in [-0.05, 0) is 13.3 Å². The van der Waals surface area contributed by atoms with E-state index in [0.29, 0.717) is 30.5 Å². The van der Waals surface area contributed by atoms with Gasteiger partial charge in [0.1, 0.15) is 18.0 Å². The minimum absolute atomic E-state index is 0.610. The summed E-state index contributed by atoms with van der Waals surface area (Å²) in [5.41, 5.74) is 3.59. The second-order valence-corrected chi connectivity index (χ2v) is 4.36. The Balaban J connectivity index is 2.01. The van der Waals surface area contributed by atoms with Gasteiger partial charge < -0.3 is 15.3 Å². The Hall–Kier alpha value is -2.22. The van der Waals surface area contributed by atoms with Crippen LogP contribution < -0.4 is 16.6 Å². The van der Waals surface area contributed by atoms with Crippen LogP contribution in [0.2, 0.25) is 0 Å². The fourth-order valence-electron chi connectivity index (χ4n) is 1.91. The molecule has 0 saturated heterocycles. The molecule has 0 aromatic carbocycles. The third kappa shape index (κ3) is 3.41.